The fourth-order valence-electron chi connectivity index (χ4n) is 1.85. The van der Waals surface area contributed by atoms with E-state index in [-0.39, 0.29) is 5.91 Å². The fourth-order valence-corrected chi connectivity index (χ4v) is 1.85. The minimum atomic E-state index is -0.0698. The summed E-state index contributed by atoms with van der Waals surface area (Å²) >= 11 is 0. The minimum Gasteiger partial charge on any atom is -0.497 e. The van der Waals surface area contributed by atoms with Crippen LogP contribution >= 0.6 is 0 Å². The summed E-state index contributed by atoms with van der Waals surface area (Å²) in [6.45, 7) is 2.74. The van der Waals surface area contributed by atoms with Crippen molar-refractivity contribution in [1.82, 2.24) is 15.1 Å². The summed E-state index contributed by atoms with van der Waals surface area (Å²) in [5, 5.41) is 6.61. The third-order valence-corrected chi connectivity index (χ3v) is 3.16. The van der Waals surface area contributed by atoms with E-state index in [1.54, 1.807) is 25.3 Å². The Kier molecular flexibility index (Phi) is 4.81. The molecule has 112 valence electrons. The normalized spacial score (nSPS) is 10.2. The first-order valence-corrected chi connectivity index (χ1v) is 6.64. The molecule has 1 heterocycles. The molecule has 0 saturated heterocycles. The molecule has 0 unspecified atom stereocenters. The number of carbonyl (C=O) groups excluding carboxylic acids is 1. The number of ether oxygens (including phenoxy) is 2. The summed E-state index contributed by atoms with van der Waals surface area (Å²) in [4.78, 5) is 13.8. The highest BCUT2D eigenvalue weighted by Crippen LogP contribution is 2.16. The van der Waals surface area contributed by atoms with E-state index in [2.05, 4.69) is 10.2 Å². The first-order chi connectivity index (χ1) is 10.1. The van der Waals surface area contributed by atoms with E-state index in [4.69, 9.17) is 9.47 Å². The van der Waals surface area contributed by atoms with Gasteiger partial charge in [-0.3, -0.25) is 9.89 Å². The molecule has 1 aromatic carbocycles. The van der Waals surface area contributed by atoms with E-state index in [1.807, 2.05) is 31.2 Å². The molecule has 1 aromatic heterocycles. The van der Waals surface area contributed by atoms with Gasteiger partial charge in [0.25, 0.3) is 5.91 Å². The van der Waals surface area contributed by atoms with E-state index in [9.17, 15) is 4.79 Å². The lowest BCUT2D eigenvalue weighted by atomic mass is 10.2. The minimum absolute atomic E-state index is 0.0698. The lowest BCUT2D eigenvalue weighted by Crippen LogP contribution is -2.31. The topological polar surface area (TPSA) is 67.5 Å². The summed E-state index contributed by atoms with van der Waals surface area (Å²) in [6.07, 6.45) is 1.54. The molecule has 0 aliphatic rings. The molecule has 0 radical (unpaired) electrons. The molecule has 0 bridgehead atoms. The molecule has 0 aliphatic heterocycles. The van der Waals surface area contributed by atoms with Gasteiger partial charge in [0.15, 0.2) is 0 Å². The number of likely N-dealkylation sites (N-methyl/N-ethyl adjacent to an activating group) is 1. The Morgan fingerprint density at radius 3 is 2.52 bits per heavy atom. The van der Waals surface area contributed by atoms with E-state index in [0.29, 0.717) is 18.7 Å². The largest absolute Gasteiger partial charge is 0.497 e. The second-order valence-corrected chi connectivity index (χ2v) is 4.66. The Morgan fingerprint density at radius 2 is 1.95 bits per heavy atom. The number of nitrogens with one attached hydrogen (secondary N) is 1. The van der Waals surface area contributed by atoms with Crippen LogP contribution in [0.1, 0.15) is 16.1 Å². The number of amides is 1. The first-order valence-electron chi connectivity index (χ1n) is 6.64. The average molecular weight is 289 g/mol. The zero-order chi connectivity index (χ0) is 15.2. The molecule has 0 spiro atoms. The van der Waals surface area contributed by atoms with Crippen LogP contribution < -0.4 is 9.47 Å². The van der Waals surface area contributed by atoms with Gasteiger partial charge in [0, 0.05) is 12.7 Å². The van der Waals surface area contributed by atoms with Crippen LogP contribution in [0.5, 0.6) is 11.5 Å². The van der Waals surface area contributed by atoms with Crippen molar-refractivity contribution in [2.75, 3.05) is 27.3 Å². The smallest absolute Gasteiger partial charge is 0.257 e. The lowest BCUT2D eigenvalue weighted by molar-refractivity contribution is 0.0773. The molecule has 0 saturated carbocycles. The van der Waals surface area contributed by atoms with Crippen molar-refractivity contribution in [1.29, 1.82) is 0 Å². The molecule has 0 atom stereocenters. The molecule has 6 nitrogen and oxygen atoms in total. The van der Waals surface area contributed by atoms with E-state index in [1.165, 1.54) is 0 Å². The van der Waals surface area contributed by atoms with Crippen molar-refractivity contribution in [2.45, 2.75) is 6.92 Å². The fraction of sp³-hybridized carbons (Fsp3) is 0.333. The highest BCUT2D eigenvalue weighted by molar-refractivity contribution is 5.94. The number of benzene rings is 1. The zero-order valence-corrected chi connectivity index (χ0v) is 12.4. The van der Waals surface area contributed by atoms with Crippen LogP contribution in [0.15, 0.2) is 30.5 Å². The van der Waals surface area contributed by atoms with Gasteiger partial charge in [-0.1, -0.05) is 0 Å². The third-order valence-electron chi connectivity index (χ3n) is 3.16. The maximum absolute atomic E-state index is 12.1. The molecule has 2 rings (SSSR count). The van der Waals surface area contributed by atoms with Gasteiger partial charge in [0.05, 0.1) is 25.4 Å². The maximum atomic E-state index is 12.1. The number of rotatable bonds is 6. The van der Waals surface area contributed by atoms with Crippen molar-refractivity contribution >= 4 is 5.91 Å². The predicted octanol–water partition coefficient (Wildman–Crippen LogP) is 1.88. The van der Waals surface area contributed by atoms with Gasteiger partial charge in [-0.15, -0.1) is 0 Å². The van der Waals surface area contributed by atoms with Gasteiger partial charge < -0.3 is 14.4 Å². The summed E-state index contributed by atoms with van der Waals surface area (Å²) in [7, 11) is 3.36. The lowest BCUT2D eigenvalue weighted by Gasteiger charge is -2.17. The van der Waals surface area contributed by atoms with Crippen LogP contribution in [-0.2, 0) is 0 Å². The monoisotopic (exact) mass is 289 g/mol. The molecule has 2 aromatic rings. The van der Waals surface area contributed by atoms with Gasteiger partial charge >= 0.3 is 0 Å². The number of aryl methyl sites for hydroxylation is 1. The summed E-state index contributed by atoms with van der Waals surface area (Å²) in [6, 6.07) is 7.33. The highest BCUT2D eigenvalue weighted by Gasteiger charge is 2.15. The van der Waals surface area contributed by atoms with Gasteiger partial charge in [-0.2, -0.15) is 5.10 Å². The average Bonchev–Trinajstić information content (AvgIpc) is 2.93. The Labute approximate surface area is 123 Å². The van der Waals surface area contributed by atoms with Crippen LogP contribution in [0.3, 0.4) is 0 Å². The summed E-state index contributed by atoms with van der Waals surface area (Å²) in [5.41, 5.74) is 1.35. The SMILES string of the molecule is COc1ccc(OCCN(C)C(=O)c2cn[nH]c2C)cc1. The highest BCUT2D eigenvalue weighted by atomic mass is 16.5. The van der Waals surface area contributed by atoms with Crippen LogP contribution in [0, 0.1) is 6.92 Å². The Bertz CT molecular complexity index is 592. The van der Waals surface area contributed by atoms with E-state index < -0.39 is 0 Å². The second-order valence-electron chi connectivity index (χ2n) is 4.66. The van der Waals surface area contributed by atoms with Crippen LogP contribution in [0.25, 0.3) is 0 Å². The maximum Gasteiger partial charge on any atom is 0.257 e. The van der Waals surface area contributed by atoms with Crippen molar-refractivity contribution in [3.63, 3.8) is 0 Å². The number of hydrogen-bond acceptors (Lipinski definition) is 4. The Morgan fingerprint density at radius 1 is 1.29 bits per heavy atom. The number of methoxy groups -OCH3 is 1. The predicted molar refractivity (Wildman–Crippen MR) is 78.8 cm³/mol. The van der Waals surface area contributed by atoms with Gasteiger partial charge in [0.1, 0.15) is 18.1 Å². The molecule has 0 fully saturated rings. The van der Waals surface area contributed by atoms with Gasteiger partial charge in [-0.05, 0) is 31.2 Å². The van der Waals surface area contributed by atoms with Crippen LogP contribution in [0.4, 0.5) is 0 Å². The molecule has 21 heavy (non-hydrogen) atoms. The second kappa shape index (κ2) is 6.78. The number of nitrogens with zero attached hydrogens (tertiary/aromatic N) is 2. The Hall–Kier alpha value is -2.50. The molecular weight excluding hydrogens is 270 g/mol. The molecular formula is C15H19N3O3. The zero-order valence-electron chi connectivity index (χ0n) is 12.4. The number of aromatic nitrogens is 2. The molecule has 6 heteroatoms. The molecule has 0 aliphatic carbocycles. The number of hydrogen-bond donors (Lipinski definition) is 1. The number of aromatic amines is 1. The van der Waals surface area contributed by atoms with Crippen molar-refractivity contribution in [3.8, 4) is 11.5 Å². The standard InChI is InChI=1S/C15H19N3O3/c1-11-14(10-16-17-11)15(19)18(2)8-9-21-13-6-4-12(20-3)5-7-13/h4-7,10H,8-9H2,1-3H3,(H,16,17). The quantitative estimate of drug-likeness (QED) is 0.881. The number of H-pyrrole nitrogens is 1. The third kappa shape index (κ3) is 3.75. The van der Waals surface area contributed by atoms with Crippen molar-refractivity contribution in [2.24, 2.45) is 0 Å². The van der Waals surface area contributed by atoms with Gasteiger partial charge in [-0.25, -0.2) is 0 Å². The van der Waals surface area contributed by atoms with Crippen molar-refractivity contribution in [3.05, 3.63) is 41.7 Å². The van der Waals surface area contributed by atoms with Crippen molar-refractivity contribution < 1.29 is 14.3 Å². The van der Waals surface area contributed by atoms with Crippen LogP contribution in [0.2, 0.25) is 0 Å². The van der Waals surface area contributed by atoms with E-state index >= 15 is 0 Å². The van der Waals surface area contributed by atoms with Crippen LogP contribution in [-0.4, -0.2) is 48.3 Å². The van der Waals surface area contributed by atoms with Gasteiger partial charge in [0.2, 0.25) is 0 Å². The molecule has 1 N–H and O–H groups in total. The molecule has 1 amide bonds. The first kappa shape index (κ1) is 14.9. The number of carbonyl (C=O) groups is 1. The summed E-state index contributed by atoms with van der Waals surface area (Å²) in [5.74, 6) is 1.46. The van der Waals surface area contributed by atoms with E-state index in [0.717, 1.165) is 17.2 Å². The Balaban J connectivity index is 1.82. The summed E-state index contributed by atoms with van der Waals surface area (Å²) < 4.78 is 10.7.